The molecule has 0 bridgehead atoms. The van der Waals surface area contributed by atoms with E-state index >= 15 is 0 Å². The number of rotatable bonds is 2. The van der Waals surface area contributed by atoms with Crippen LogP contribution in [0.4, 0.5) is 0 Å². The highest BCUT2D eigenvalue weighted by Crippen LogP contribution is 2.43. The van der Waals surface area contributed by atoms with Gasteiger partial charge in [-0.2, -0.15) is 0 Å². The summed E-state index contributed by atoms with van der Waals surface area (Å²) in [5.74, 6) is 0.741. The molecule has 80 valence electrons. The van der Waals surface area contributed by atoms with Crippen LogP contribution in [0.1, 0.15) is 5.56 Å². The van der Waals surface area contributed by atoms with E-state index < -0.39 is 0 Å². The fraction of sp³-hybridized carbons (Fsp3) is 0.500. The molecule has 0 radical (unpaired) electrons. The largest absolute Gasteiger partial charge is 0.379 e. The zero-order valence-corrected chi connectivity index (χ0v) is 10.1. The molecular formula is C12H14BrNO. The van der Waals surface area contributed by atoms with Crippen molar-refractivity contribution in [2.24, 2.45) is 5.92 Å². The third kappa shape index (κ3) is 1.37. The smallest absolute Gasteiger partial charge is 0.0589 e. The van der Waals surface area contributed by atoms with Crippen LogP contribution < -0.4 is 5.32 Å². The molecule has 2 fully saturated rings. The molecule has 0 aliphatic carbocycles. The van der Waals surface area contributed by atoms with Crippen LogP contribution in [-0.4, -0.2) is 26.3 Å². The van der Waals surface area contributed by atoms with Crippen molar-refractivity contribution in [1.82, 2.24) is 5.32 Å². The lowest BCUT2D eigenvalue weighted by molar-refractivity contribution is -0.101. The summed E-state index contributed by atoms with van der Waals surface area (Å²) in [6.07, 6.45) is 0. The predicted molar refractivity (Wildman–Crippen MR) is 63.0 cm³/mol. The average molecular weight is 268 g/mol. The van der Waals surface area contributed by atoms with Gasteiger partial charge in [-0.15, -0.1) is 0 Å². The molecule has 2 saturated heterocycles. The summed E-state index contributed by atoms with van der Waals surface area (Å²) >= 11 is 3.65. The van der Waals surface area contributed by atoms with E-state index in [2.05, 4.69) is 45.5 Å². The van der Waals surface area contributed by atoms with Crippen LogP contribution in [0.5, 0.6) is 0 Å². The van der Waals surface area contributed by atoms with Crippen molar-refractivity contribution in [2.75, 3.05) is 26.3 Å². The minimum Gasteiger partial charge on any atom is -0.379 e. The number of hydrogen-bond acceptors (Lipinski definition) is 2. The first-order chi connectivity index (χ1) is 7.33. The fourth-order valence-electron chi connectivity index (χ4n) is 2.48. The van der Waals surface area contributed by atoms with Crippen LogP contribution in [0.15, 0.2) is 28.7 Å². The highest BCUT2D eigenvalue weighted by atomic mass is 79.9. The molecule has 1 N–H and O–H groups in total. The third-order valence-corrected chi connectivity index (χ3v) is 4.38. The van der Waals surface area contributed by atoms with Crippen molar-refractivity contribution in [3.8, 4) is 0 Å². The van der Waals surface area contributed by atoms with Crippen LogP contribution >= 0.6 is 15.9 Å². The normalized spacial score (nSPS) is 24.3. The summed E-state index contributed by atoms with van der Waals surface area (Å²) in [5, 5.41) is 3.35. The van der Waals surface area contributed by atoms with Gasteiger partial charge in [0.05, 0.1) is 13.2 Å². The predicted octanol–water partition coefficient (Wildman–Crippen LogP) is 1.94. The first-order valence-corrected chi connectivity index (χ1v) is 6.16. The molecular weight excluding hydrogens is 254 g/mol. The lowest BCUT2D eigenvalue weighted by Gasteiger charge is -2.51. The summed E-state index contributed by atoms with van der Waals surface area (Å²) < 4.78 is 6.68. The van der Waals surface area contributed by atoms with Gasteiger partial charge in [0, 0.05) is 23.0 Å². The molecule has 0 saturated carbocycles. The summed E-state index contributed by atoms with van der Waals surface area (Å²) in [5.41, 5.74) is 1.69. The van der Waals surface area contributed by atoms with Crippen LogP contribution in [-0.2, 0) is 10.2 Å². The molecule has 15 heavy (non-hydrogen) atoms. The molecule has 0 aromatic heterocycles. The summed E-state index contributed by atoms with van der Waals surface area (Å²) in [6, 6.07) is 8.54. The van der Waals surface area contributed by atoms with E-state index in [9.17, 15) is 0 Å². The first-order valence-electron chi connectivity index (χ1n) is 5.36. The Kier molecular flexibility index (Phi) is 2.34. The molecule has 0 amide bonds. The minimum atomic E-state index is 0.269. The number of ether oxygens (including phenoxy) is 1. The topological polar surface area (TPSA) is 21.3 Å². The van der Waals surface area contributed by atoms with Gasteiger partial charge in [0.25, 0.3) is 0 Å². The monoisotopic (exact) mass is 267 g/mol. The highest BCUT2D eigenvalue weighted by molar-refractivity contribution is 9.10. The van der Waals surface area contributed by atoms with Crippen molar-refractivity contribution >= 4 is 15.9 Å². The highest BCUT2D eigenvalue weighted by Gasteiger charge is 2.49. The van der Waals surface area contributed by atoms with Crippen LogP contribution in [0.25, 0.3) is 0 Å². The van der Waals surface area contributed by atoms with E-state index in [0.717, 1.165) is 32.2 Å². The van der Waals surface area contributed by atoms with Crippen molar-refractivity contribution < 1.29 is 4.74 Å². The van der Waals surface area contributed by atoms with Gasteiger partial charge in [-0.25, -0.2) is 0 Å². The Hall–Kier alpha value is -0.380. The Morgan fingerprint density at radius 2 is 2.00 bits per heavy atom. The van der Waals surface area contributed by atoms with Crippen molar-refractivity contribution in [3.05, 3.63) is 34.3 Å². The molecule has 1 aromatic rings. The maximum Gasteiger partial charge on any atom is 0.0589 e. The summed E-state index contributed by atoms with van der Waals surface area (Å²) in [7, 11) is 0. The Bertz CT molecular complexity index is 372. The fourth-order valence-corrected chi connectivity index (χ4v) is 3.16. The summed E-state index contributed by atoms with van der Waals surface area (Å²) in [6.45, 7) is 4.01. The number of hydrogen-bond donors (Lipinski definition) is 1. The Morgan fingerprint density at radius 1 is 1.27 bits per heavy atom. The van der Waals surface area contributed by atoms with Crippen molar-refractivity contribution in [1.29, 1.82) is 0 Å². The maximum atomic E-state index is 5.46. The Morgan fingerprint density at radius 3 is 2.47 bits per heavy atom. The molecule has 3 heteroatoms. The first kappa shape index (κ1) is 9.82. The maximum absolute atomic E-state index is 5.46. The van der Waals surface area contributed by atoms with Crippen molar-refractivity contribution in [2.45, 2.75) is 5.41 Å². The van der Waals surface area contributed by atoms with Crippen molar-refractivity contribution in [3.63, 3.8) is 0 Å². The van der Waals surface area contributed by atoms with E-state index in [0.29, 0.717) is 0 Å². The zero-order chi connectivity index (χ0) is 10.3. The van der Waals surface area contributed by atoms with Crippen LogP contribution in [0, 0.1) is 5.92 Å². The third-order valence-electron chi connectivity index (χ3n) is 3.69. The Labute approximate surface area is 98.1 Å². The van der Waals surface area contributed by atoms with Gasteiger partial charge < -0.3 is 10.1 Å². The molecule has 2 aliphatic rings. The quantitative estimate of drug-likeness (QED) is 0.885. The van der Waals surface area contributed by atoms with E-state index in [-0.39, 0.29) is 5.41 Å². The molecule has 0 spiro atoms. The van der Waals surface area contributed by atoms with Gasteiger partial charge in [-0.05, 0) is 17.5 Å². The van der Waals surface area contributed by atoms with E-state index in [1.807, 2.05) is 0 Å². The molecule has 2 heterocycles. The number of benzene rings is 1. The number of nitrogens with one attached hydrogen (secondary N) is 1. The average Bonchev–Trinajstić information content (AvgIpc) is 2.09. The SMILES string of the molecule is Brc1ccccc1C1(C2CNC2)COC1. The molecule has 0 unspecified atom stereocenters. The molecule has 1 aromatic carbocycles. The van der Waals surface area contributed by atoms with E-state index in [4.69, 9.17) is 4.74 Å². The lowest BCUT2D eigenvalue weighted by atomic mass is 9.66. The zero-order valence-electron chi connectivity index (χ0n) is 8.50. The van der Waals surface area contributed by atoms with Gasteiger partial charge >= 0.3 is 0 Å². The van der Waals surface area contributed by atoms with Crippen LogP contribution in [0.3, 0.4) is 0 Å². The second-order valence-corrected chi connectivity index (χ2v) is 5.34. The molecule has 3 rings (SSSR count). The van der Waals surface area contributed by atoms with Crippen LogP contribution in [0.2, 0.25) is 0 Å². The molecule has 2 aliphatic heterocycles. The Balaban J connectivity index is 1.99. The molecule has 2 nitrogen and oxygen atoms in total. The van der Waals surface area contributed by atoms with Gasteiger partial charge in [0.15, 0.2) is 0 Å². The van der Waals surface area contributed by atoms with Gasteiger partial charge in [0.2, 0.25) is 0 Å². The minimum absolute atomic E-state index is 0.269. The van der Waals surface area contributed by atoms with Gasteiger partial charge in [0.1, 0.15) is 0 Å². The molecule has 0 atom stereocenters. The summed E-state index contributed by atoms with van der Waals surface area (Å²) in [4.78, 5) is 0. The van der Waals surface area contributed by atoms with Gasteiger partial charge in [-0.3, -0.25) is 0 Å². The number of halogens is 1. The second-order valence-electron chi connectivity index (χ2n) is 4.48. The second kappa shape index (κ2) is 3.58. The lowest BCUT2D eigenvalue weighted by Crippen LogP contribution is -2.62. The van der Waals surface area contributed by atoms with E-state index in [1.165, 1.54) is 10.0 Å². The van der Waals surface area contributed by atoms with Gasteiger partial charge in [-0.1, -0.05) is 34.1 Å². The van der Waals surface area contributed by atoms with E-state index in [1.54, 1.807) is 0 Å². The standard InChI is InChI=1S/C12H14BrNO/c13-11-4-2-1-3-10(11)12(7-15-8-12)9-5-14-6-9/h1-4,9,14H,5-8H2.